The Bertz CT molecular complexity index is 1360. The second-order valence-electron chi connectivity index (χ2n) is 7.51. The number of anilines is 1. The molecule has 0 aliphatic heterocycles. The molecule has 7 heteroatoms. The van der Waals surface area contributed by atoms with E-state index in [9.17, 15) is 9.59 Å². The van der Waals surface area contributed by atoms with Crippen molar-refractivity contribution in [3.63, 3.8) is 0 Å². The first kappa shape index (κ1) is 21.0. The van der Waals surface area contributed by atoms with Gasteiger partial charge >= 0.3 is 5.69 Å². The minimum Gasteiger partial charge on any atom is -0.372 e. The number of nitrogens with zero attached hydrogens (tertiary/aromatic N) is 4. The van der Waals surface area contributed by atoms with E-state index < -0.39 is 0 Å². The quantitative estimate of drug-likeness (QED) is 0.471. The Morgan fingerprint density at radius 1 is 0.871 bits per heavy atom. The van der Waals surface area contributed by atoms with Crippen molar-refractivity contribution in [3.05, 3.63) is 80.6 Å². The van der Waals surface area contributed by atoms with E-state index in [2.05, 4.69) is 30.9 Å². The van der Waals surface area contributed by atoms with Crippen LogP contribution in [0.2, 0.25) is 5.02 Å². The van der Waals surface area contributed by atoms with Crippen molar-refractivity contribution < 1.29 is 0 Å². The zero-order valence-corrected chi connectivity index (χ0v) is 18.8. The highest BCUT2D eigenvalue weighted by atomic mass is 35.5. The lowest BCUT2D eigenvalue weighted by Gasteiger charge is -2.21. The summed E-state index contributed by atoms with van der Waals surface area (Å²) in [4.78, 5) is 27.9. The first-order chi connectivity index (χ1) is 14.9. The van der Waals surface area contributed by atoms with Crippen LogP contribution in [-0.4, -0.2) is 26.8 Å². The van der Waals surface area contributed by atoms with Crippen LogP contribution in [0.4, 0.5) is 5.69 Å². The molecule has 2 aromatic heterocycles. The lowest BCUT2D eigenvalue weighted by atomic mass is 10.1. The van der Waals surface area contributed by atoms with Crippen LogP contribution >= 0.6 is 11.6 Å². The van der Waals surface area contributed by atoms with E-state index in [0.717, 1.165) is 40.3 Å². The molecule has 0 amide bonds. The number of hydrogen-bond acceptors (Lipinski definition) is 3. The number of halogens is 1. The third kappa shape index (κ3) is 3.47. The number of aromatic nitrogens is 3. The van der Waals surface area contributed by atoms with E-state index in [0.29, 0.717) is 15.9 Å². The van der Waals surface area contributed by atoms with Crippen molar-refractivity contribution >= 4 is 28.2 Å². The van der Waals surface area contributed by atoms with Crippen molar-refractivity contribution in [1.29, 1.82) is 0 Å². The van der Waals surface area contributed by atoms with Gasteiger partial charge in [0.15, 0.2) is 0 Å². The summed E-state index contributed by atoms with van der Waals surface area (Å²) in [6, 6.07) is 15.6. The maximum atomic E-state index is 13.1. The summed E-state index contributed by atoms with van der Waals surface area (Å²) >= 11 is 6.10. The smallest absolute Gasteiger partial charge is 0.330 e. The van der Waals surface area contributed by atoms with E-state index in [-0.39, 0.29) is 11.2 Å². The van der Waals surface area contributed by atoms with Crippen molar-refractivity contribution in [2.45, 2.75) is 13.8 Å². The lowest BCUT2D eigenvalue weighted by molar-refractivity contribution is 0.714. The summed E-state index contributed by atoms with van der Waals surface area (Å²) < 4.78 is 4.63. The Kier molecular flexibility index (Phi) is 5.50. The van der Waals surface area contributed by atoms with Gasteiger partial charge < -0.3 is 9.47 Å². The van der Waals surface area contributed by atoms with Crippen LogP contribution in [0.5, 0.6) is 0 Å². The number of aryl methyl sites for hydroxylation is 1. The standard InChI is InChI=1S/C24H25ClN4O2/c1-5-28(6-2)18-11-13-19(14-12-18)29-15-20-21(23(30)27(4)24(31)26(20)3)22(29)16-7-9-17(25)10-8-16/h7-15H,5-6H2,1-4H3. The molecule has 4 aromatic rings. The van der Waals surface area contributed by atoms with E-state index in [1.807, 2.05) is 35.0 Å². The topological polar surface area (TPSA) is 52.2 Å². The average molecular weight is 437 g/mol. The van der Waals surface area contributed by atoms with E-state index in [1.165, 1.54) is 11.6 Å². The van der Waals surface area contributed by atoms with Gasteiger partial charge in [-0.3, -0.25) is 13.9 Å². The number of benzene rings is 2. The second kappa shape index (κ2) is 8.12. The number of rotatable bonds is 5. The Balaban J connectivity index is 2.03. The highest BCUT2D eigenvalue weighted by molar-refractivity contribution is 6.30. The summed E-state index contributed by atoms with van der Waals surface area (Å²) in [7, 11) is 3.19. The first-order valence-corrected chi connectivity index (χ1v) is 10.7. The second-order valence-corrected chi connectivity index (χ2v) is 7.95. The fraction of sp³-hybridized carbons (Fsp3) is 0.250. The molecule has 0 spiro atoms. The van der Waals surface area contributed by atoms with E-state index >= 15 is 0 Å². The Labute approximate surface area is 185 Å². The molecule has 31 heavy (non-hydrogen) atoms. The maximum absolute atomic E-state index is 13.1. The van der Waals surface area contributed by atoms with Gasteiger partial charge in [-0.2, -0.15) is 0 Å². The molecule has 0 aliphatic rings. The molecule has 2 aromatic carbocycles. The molecule has 0 saturated heterocycles. The van der Waals surface area contributed by atoms with Crippen LogP contribution < -0.4 is 16.1 Å². The van der Waals surface area contributed by atoms with Gasteiger partial charge in [0.05, 0.1) is 16.6 Å². The molecule has 0 aliphatic carbocycles. The molecule has 4 rings (SSSR count). The molecule has 160 valence electrons. The molecule has 6 nitrogen and oxygen atoms in total. The molecule has 2 heterocycles. The molecule has 0 radical (unpaired) electrons. The number of hydrogen-bond donors (Lipinski definition) is 0. The van der Waals surface area contributed by atoms with Gasteiger partial charge in [0.2, 0.25) is 0 Å². The third-order valence-electron chi connectivity index (χ3n) is 5.81. The van der Waals surface area contributed by atoms with Gasteiger partial charge in [0.1, 0.15) is 0 Å². The van der Waals surface area contributed by atoms with Gasteiger partial charge in [0, 0.05) is 49.8 Å². The zero-order valence-electron chi connectivity index (χ0n) is 18.1. The SMILES string of the molecule is CCN(CC)c1ccc(-n2cc3c(c2-c2ccc(Cl)cc2)c(=O)n(C)c(=O)n3C)cc1. The molecule has 0 fully saturated rings. The van der Waals surface area contributed by atoms with Crippen molar-refractivity contribution in [1.82, 2.24) is 13.7 Å². The fourth-order valence-corrected chi connectivity index (χ4v) is 4.17. The minimum absolute atomic E-state index is 0.318. The Hall–Kier alpha value is -3.25. The van der Waals surface area contributed by atoms with E-state index in [4.69, 9.17) is 11.6 Å². The Morgan fingerprint density at radius 3 is 2.06 bits per heavy atom. The molecule has 0 atom stereocenters. The van der Waals surface area contributed by atoms with E-state index in [1.54, 1.807) is 19.2 Å². The predicted molar refractivity (Wildman–Crippen MR) is 128 cm³/mol. The monoisotopic (exact) mass is 436 g/mol. The minimum atomic E-state index is -0.353. The van der Waals surface area contributed by atoms with Gasteiger partial charge in [-0.05, 0) is 55.8 Å². The molecular weight excluding hydrogens is 412 g/mol. The molecule has 0 N–H and O–H groups in total. The summed E-state index contributed by atoms with van der Waals surface area (Å²) in [5, 5.41) is 1.12. The van der Waals surface area contributed by atoms with Crippen LogP contribution in [0.15, 0.2) is 64.3 Å². The Morgan fingerprint density at radius 2 is 1.48 bits per heavy atom. The average Bonchev–Trinajstić information content (AvgIpc) is 3.19. The fourth-order valence-electron chi connectivity index (χ4n) is 4.05. The van der Waals surface area contributed by atoms with Gasteiger partial charge in [0.25, 0.3) is 5.56 Å². The van der Waals surface area contributed by atoms with Crippen molar-refractivity contribution in [3.8, 4) is 16.9 Å². The van der Waals surface area contributed by atoms with Crippen LogP contribution in [0.25, 0.3) is 27.8 Å². The molecule has 0 saturated carbocycles. The summed E-state index contributed by atoms with van der Waals surface area (Å²) in [5.74, 6) is 0. The highest BCUT2D eigenvalue weighted by Gasteiger charge is 2.20. The van der Waals surface area contributed by atoms with Crippen LogP contribution in [0, 0.1) is 0 Å². The molecular formula is C24H25ClN4O2. The normalized spacial score (nSPS) is 11.3. The van der Waals surface area contributed by atoms with Gasteiger partial charge in [-0.15, -0.1) is 0 Å². The highest BCUT2D eigenvalue weighted by Crippen LogP contribution is 2.32. The summed E-state index contributed by atoms with van der Waals surface area (Å²) in [6.45, 7) is 6.12. The zero-order chi connectivity index (χ0) is 22.3. The van der Waals surface area contributed by atoms with Crippen LogP contribution in [-0.2, 0) is 14.1 Å². The summed E-state index contributed by atoms with van der Waals surface area (Å²) in [6.07, 6.45) is 1.86. The number of fused-ring (bicyclic) bond motifs is 1. The van der Waals surface area contributed by atoms with Gasteiger partial charge in [-0.25, -0.2) is 4.79 Å². The van der Waals surface area contributed by atoms with Crippen molar-refractivity contribution in [2.75, 3.05) is 18.0 Å². The predicted octanol–water partition coefficient (Wildman–Crippen LogP) is 4.19. The van der Waals surface area contributed by atoms with Crippen LogP contribution in [0.3, 0.4) is 0 Å². The lowest BCUT2D eigenvalue weighted by Crippen LogP contribution is -2.36. The molecule has 0 bridgehead atoms. The maximum Gasteiger partial charge on any atom is 0.330 e. The van der Waals surface area contributed by atoms with Crippen LogP contribution in [0.1, 0.15) is 13.8 Å². The largest absolute Gasteiger partial charge is 0.372 e. The van der Waals surface area contributed by atoms with Crippen molar-refractivity contribution in [2.24, 2.45) is 14.1 Å². The van der Waals surface area contributed by atoms with Gasteiger partial charge in [-0.1, -0.05) is 23.7 Å². The summed E-state index contributed by atoms with van der Waals surface area (Å²) in [5.41, 5.74) is 3.55. The third-order valence-corrected chi connectivity index (χ3v) is 6.07. The molecule has 0 unspecified atom stereocenters. The first-order valence-electron chi connectivity index (χ1n) is 10.3.